The summed E-state index contributed by atoms with van der Waals surface area (Å²) < 4.78 is 38.2. The minimum atomic E-state index is -3.44. The molecule has 0 N–H and O–H groups in total. The summed E-state index contributed by atoms with van der Waals surface area (Å²) in [6, 6.07) is 0. The Labute approximate surface area is 168 Å². The zero-order valence-corrected chi connectivity index (χ0v) is 18.5. The molecule has 2 fully saturated rings. The second kappa shape index (κ2) is 8.52. The lowest BCUT2D eigenvalue weighted by molar-refractivity contribution is -0.0458. The van der Waals surface area contributed by atoms with Crippen molar-refractivity contribution < 1.29 is 13.2 Å². The molecule has 148 valence electrons. The Hall–Kier alpha value is -0.0800. The van der Waals surface area contributed by atoms with E-state index in [2.05, 4.69) is 10.00 Å². The summed E-state index contributed by atoms with van der Waals surface area (Å²) in [6.07, 6.45) is 1.83. The van der Waals surface area contributed by atoms with E-state index in [9.17, 15) is 8.42 Å². The molecule has 0 aliphatic carbocycles. The van der Waals surface area contributed by atoms with E-state index in [0.29, 0.717) is 45.9 Å². The lowest BCUT2D eigenvalue weighted by Gasteiger charge is -2.40. The van der Waals surface area contributed by atoms with Crippen molar-refractivity contribution in [3.05, 3.63) is 3.95 Å². The van der Waals surface area contributed by atoms with Gasteiger partial charge in [0, 0.05) is 39.3 Å². The van der Waals surface area contributed by atoms with Crippen LogP contribution in [0.25, 0.3) is 0 Å². The Kier molecular flexibility index (Phi) is 6.76. The van der Waals surface area contributed by atoms with Crippen LogP contribution in [0.15, 0.2) is 4.34 Å². The van der Waals surface area contributed by atoms with E-state index >= 15 is 0 Å². The molecule has 2 aliphatic rings. The average Bonchev–Trinajstić information content (AvgIpc) is 2.94. The Bertz CT molecular complexity index is 762. The molecule has 26 heavy (non-hydrogen) atoms. The number of morpholine rings is 1. The summed E-state index contributed by atoms with van der Waals surface area (Å²) in [4.78, 5) is 2.19. The normalized spacial score (nSPS) is 27.0. The predicted octanol–water partition coefficient (Wildman–Crippen LogP) is 1.33. The van der Waals surface area contributed by atoms with Crippen LogP contribution in [0.5, 0.6) is 0 Å². The van der Waals surface area contributed by atoms with Gasteiger partial charge in [0.2, 0.25) is 0 Å². The monoisotopic (exact) mass is 439 g/mol. The molecule has 2 saturated heterocycles. The number of rotatable bonds is 5. The van der Waals surface area contributed by atoms with Crippen molar-refractivity contribution in [1.82, 2.24) is 23.3 Å². The van der Waals surface area contributed by atoms with Gasteiger partial charge >= 0.3 is 0 Å². The fraction of sp³-hybridized carbons (Fsp3) is 0.857. The van der Waals surface area contributed by atoms with Gasteiger partial charge in [-0.15, -0.1) is 0 Å². The largest absolute Gasteiger partial charge is 0.373 e. The molecule has 12 heteroatoms. The van der Waals surface area contributed by atoms with Crippen molar-refractivity contribution >= 4 is 45.5 Å². The van der Waals surface area contributed by atoms with Crippen LogP contribution >= 0.6 is 35.3 Å². The van der Waals surface area contributed by atoms with Gasteiger partial charge in [0.15, 0.2) is 8.29 Å². The quantitative estimate of drug-likeness (QED) is 0.506. The number of thioether (sulfide) groups is 1. The summed E-state index contributed by atoms with van der Waals surface area (Å²) in [5.41, 5.74) is 0. The van der Waals surface area contributed by atoms with E-state index in [4.69, 9.17) is 17.0 Å². The van der Waals surface area contributed by atoms with Gasteiger partial charge in [-0.3, -0.25) is 4.90 Å². The Morgan fingerprint density at radius 3 is 2.35 bits per heavy atom. The van der Waals surface area contributed by atoms with Crippen LogP contribution in [0, 0.1) is 3.95 Å². The molecule has 0 aromatic carbocycles. The number of hydrogen-bond acceptors (Lipinski definition) is 8. The first-order valence-electron chi connectivity index (χ1n) is 8.54. The molecule has 0 saturated carbocycles. The van der Waals surface area contributed by atoms with Gasteiger partial charge in [0.05, 0.1) is 18.9 Å². The van der Waals surface area contributed by atoms with Crippen molar-refractivity contribution in [2.24, 2.45) is 0 Å². The minimum absolute atomic E-state index is 0.0769. The maximum Gasteiger partial charge on any atom is 0.282 e. The highest BCUT2D eigenvalue weighted by atomic mass is 32.2. The van der Waals surface area contributed by atoms with E-state index in [1.807, 2.05) is 24.8 Å². The molecule has 3 rings (SSSR count). The first-order chi connectivity index (χ1) is 12.3. The first kappa shape index (κ1) is 20.6. The fourth-order valence-corrected chi connectivity index (χ4v) is 6.72. The lowest BCUT2D eigenvalue weighted by atomic mass is 10.3. The zero-order valence-electron chi connectivity index (χ0n) is 15.2. The predicted molar refractivity (Wildman–Crippen MR) is 106 cm³/mol. The Balaban J connectivity index is 1.59. The van der Waals surface area contributed by atoms with Gasteiger partial charge in [-0.05, 0) is 32.3 Å². The highest BCUT2D eigenvalue weighted by Crippen LogP contribution is 2.21. The molecule has 8 nitrogen and oxygen atoms in total. The van der Waals surface area contributed by atoms with Gasteiger partial charge < -0.3 is 4.74 Å². The highest BCUT2D eigenvalue weighted by molar-refractivity contribution is 8.00. The van der Waals surface area contributed by atoms with Crippen LogP contribution in [0.3, 0.4) is 0 Å². The van der Waals surface area contributed by atoms with Gasteiger partial charge in [0.1, 0.15) is 0 Å². The third-order valence-electron chi connectivity index (χ3n) is 4.47. The van der Waals surface area contributed by atoms with E-state index in [-0.39, 0.29) is 12.2 Å². The van der Waals surface area contributed by atoms with E-state index in [1.54, 1.807) is 20.4 Å². The molecule has 2 atom stereocenters. The summed E-state index contributed by atoms with van der Waals surface area (Å²) in [6.45, 7) is 7.56. The molecule has 3 heterocycles. The average molecular weight is 440 g/mol. The maximum absolute atomic E-state index is 12.9. The van der Waals surface area contributed by atoms with Crippen LogP contribution in [-0.4, -0.2) is 89.4 Å². The summed E-state index contributed by atoms with van der Waals surface area (Å²) in [7, 11) is -3.44. The molecule has 0 amide bonds. The van der Waals surface area contributed by atoms with Crippen molar-refractivity contribution in [2.45, 2.75) is 37.1 Å². The van der Waals surface area contributed by atoms with E-state index < -0.39 is 10.2 Å². The Morgan fingerprint density at radius 1 is 1.19 bits per heavy atom. The highest BCUT2D eigenvalue weighted by Gasteiger charge is 2.36. The van der Waals surface area contributed by atoms with Gasteiger partial charge in [0.25, 0.3) is 10.2 Å². The minimum Gasteiger partial charge on any atom is -0.373 e. The molecule has 0 spiro atoms. The van der Waals surface area contributed by atoms with Crippen LogP contribution in [-0.2, 0) is 21.6 Å². The molecule has 1 aromatic rings. The third kappa shape index (κ3) is 4.66. The van der Waals surface area contributed by atoms with Crippen LogP contribution in [0.1, 0.15) is 13.8 Å². The number of hydrogen-bond donors (Lipinski definition) is 0. The SMILES string of the molecule is CSc1nn(CN2CCN(S(=O)(=O)N3C[C@H](C)O[C@@H](C)C3)CC2)c(=S)s1. The van der Waals surface area contributed by atoms with Gasteiger partial charge in [-0.25, -0.2) is 4.68 Å². The van der Waals surface area contributed by atoms with E-state index in [1.165, 1.54) is 11.3 Å². The number of aromatic nitrogens is 2. The molecular weight excluding hydrogens is 414 g/mol. The molecule has 2 aliphatic heterocycles. The van der Waals surface area contributed by atoms with Crippen molar-refractivity contribution in [1.29, 1.82) is 0 Å². The number of nitrogens with zero attached hydrogens (tertiary/aromatic N) is 5. The number of piperazine rings is 1. The van der Waals surface area contributed by atoms with Crippen molar-refractivity contribution in [2.75, 3.05) is 45.5 Å². The van der Waals surface area contributed by atoms with Gasteiger partial charge in [-0.2, -0.15) is 22.1 Å². The molecular formula is C14H25N5O3S4. The summed E-state index contributed by atoms with van der Waals surface area (Å²) >= 11 is 8.44. The zero-order chi connectivity index (χ0) is 18.9. The van der Waals surface area contributed by atoms with Gasteiger partial charge in [-0.1, -0.05) is 23.1 Å². The van der Waals surface area contributed by atoms with Crippen molar-refractivity contribution in [3.63, 3.8) is 0 Å². The van der Waals surface area contributed by atoms with Crippen LogP contribution < -0.4 is 0 Å². The molecule has 0 radical (unpaired) electrons. The van der Waals surface area contributed by atoms with Crippen LogP contribution in [0.4, 0.5) is 0 Å². The second-order valence-corrected chi connectivity index (χ2v) is 11.2. The smallest absolute Gasteiger partial charge is 0.282 e. The lowest BCUT2D eigenvalue weighted by Crippen LogP contribution is -2.57. The number of ether oxygens (including phenoxy) is 1. The standard InChI is InChI=1S/C14H25N5O3S4/c1-11-8-18(9-12(2)22-11)26(20,21)17-6-4-16(5-7-17)10-19-14(23)25-13(15-19)24-3/h11-12H,4-10H2,1-3H3/t11-,12-/m0/s1. The summed E-state index contributed by atoms with van der Waals surface area (Å²) in [5, 5.41) is 4.48. The Morgan fingerprint density at radius 2 is 1.81 bits per heavy atom. The molecule has 0 unspecified atom stereocenters. The maximum atomic E-state index is 12.9. The van der Waals surface area contributed by atoms with Crippen molar-refractivity contribution in [3.8, 4) is 0 Å². The first-order valence-corrected chi connectivity index (χ1v) is 12.4. The third-order valence-corrected chi connectivity index (χ3v) is 8.72. The van der Waals surface area contributed by atoms with E-state index in [0.717, 1.165) is 8.29 Å². The topological polar surface area (TPSA) is 70.9 Å². The molecule has 0 bridgehead atoms. The summed E-state index contributed by atoms with van der Waals surface area (Å²) in [5.74, 6) is 0. The fourth-order valence-electron chi connectivity index (χ4n) is 3.23. The second-order valence-electron chi connectivity index (χ2n) is 6.58. The molecule has 1 aromatic heterocycles. The van der Waals surface area contributed by atoms with Crippen LogP contribution in [0.2, 0.25) is 0 Å².